The third-order valence-corrected chi connectivity index (χ3v) is 3.04. The number of carbonyl (C=O) groups is 1. The van der Waals surface area contributed by atoms with Crippen LogP contribution in [0.5, 0.6) is 5.75 Å². The average Bonchev–Trinajstić information content (AvgIpc) is 2.84. The number of benzene rings is 1. The summed E-state index contributed by atoms with van der Waals surface area (Å²) in [4.78, 5) is 14.4. The van der Waals surface area contributed by atoms with Gasteiger partial charge in [0.1, 0.15) is 5.75 Å². The number of nitrogens with one attached hydrogen (secondary N) is 1. The number of hydrogen-bond donors (Lipinski definition) is 2. The van der Waals surface area contributed by atoms with Crippen molar-refractivity contribution in [3.8, 4) is 17.0 Å². The highest BCUT2D eigenvalue weighted by molar-refractivity contribution is 5.91. The zero-order chi connectivity index (χ0) is 14.0. The molecule has 2 aromatic rings. The van der Waals surface area contributed by atoms with Crippen LogP contribution in [-0.4, -0.2) is 23.2 Å². The first kappa shape index (κ1) is 13.2. The predicted octanol–water partition coefficient (Wildman–Crippen LogP) is 3.51. The van der Waals surface area contributed by atoms with Crippen molar-refractivity contribution in [2.24, 2.45) is 0 Å². The molecule has 2 N–H and O–H groups in total. The maximum Gasteiger partial charge on any atom is 0.337 e. The molecule has 1 aromatic heterocycles. The standard InChI is InChI=1S/C15H17NO3/c1-9(2)14-12(15(17)18)8-13(16-14)10-5-4-6-11(7-10)19-3/h4-9,16H,1-3H3,(H,17,18). The zero-order valence-electron chi connectivity index (χ0n) is 11.2. The van der Waals surface area contributed by atoms with Gasteiger partial charge in [0.2, 0.25) is 0 Å². The molecule has 0 bridgehead atoms. The first-order valence-electron chi connectivity index (χ1n) is 6.13. The van der Waals surface area contributed by atoms with Crippen molar-refractivity contribution in [3.63, 3.8) is 0 Å². The van der Waals surface area contributed by atoms with E-state index in [2.05, 4.69) is 4.98 Å². The minimum absolute atomic E-state index is 0.130. The molecule has 2 rings (SSSR count). The molecule has 1 aromatic carbocycles. The van der Waals surface area contributed by atoms with Crippen LogP contribution in [0.25, 0.3) is 11.3 Å². The van der Waals surface area contributed by atoms with Gasteiger partial charge in [0.25, 0.3) is 0 Å². The number of hydrogen-bond acceptors (Lipinski definition) is 2. The number of aromatic amines is 1. The summed E-state index contributed by atoms with van der Waals surface area (Å²) in [6, 6.07) is 9.20. The van der Waals surface area contributed by atoms with Gasteiger partial charge in [0.05, 0.1) is 12.7 Å². The van der Waals surface area contributed by atoms with Crippen molar-refractivity contribution in [2.75, 3.05) is 7.11 Å². The van der Waals surface area contributed by atoms with E-state index in [-0.39, 0.29) is 5.92 Å². The maximum atomic E-state index is 11.2. The van der Waals surface area contributed by atoms with E-state index >= 15 is 0 Å². The highest BCUT2D eigenvalue weighted by Crippen LogP contribution is 2.28. The van der Waals surface area contributed by atoms with Crippen LogP contribution in [0.4, 0.5) is 0 Å². The summed E-state index contributed by atoms with van der Waals surface area (Å²) in [5.74, 6) is -0.0328. The Balaban J connectivity index is 2.50. The summed E-state index contributed by atoms with van der Waals surface area (Å²) in [6.07, 6.45) is 0. The Labute approximate surface area is 112 Å². The summed E-state index contributed by atoms with van der Waals surface area (Å²) in [5.41, 5.74) is 2.77. The van der Waals surface area contributed by atoms with Crippen molar-refractivity contribution in [1.82, 2.24) is 4.98 Å². The summed E-state index contributed by atoms with van der Waals surface area (Å²) in [6.45, 7) is 3.93. The fraction of sp³-hybridized carbons (Fsp3) is 0.267. The second-order valence-electron chi connectivity index (χ2n) is 4.70. The molecule has 1 heterocycles. The molecule has 0 saturated heterocycles. The van der Waals surface area contributed by atoms with E-state index in [0.717, 1.165) is 22.7 Å². The van der Waals surface area contributed by atoms with E-state index < -0.39 is 5.97 Å². The summed E-state index contributed by atoms with van der Waals surface area (Å²) < 4.78 is 5.18. The largest absolute Gasteiger partial charge is 0.497 e. The van der Waals surface area contributed by atoms with Crippen molar-refractivity contribution >= 4 is 5.97 Å². The van der Waals surface area contributed by atoms with Gasteiger partial charge in [0, 0.05) is 17.0 Å². The van der Waals surface area contributed by atoms with Crippen LogP contribution in [0, 0.1) is 0 Å². The SMILES string of the molecule is COc1cccc(-c2cc(C(=O)O)c(C(C)C)[nH]2)c1. The van der Waals surface area contributed by atoms with Gasteiger partial charge < -0.3 is 14.8 Å². The van der Waals surface area contributed by atoms with Crippen LogP contribution in [-0.2, 0) is 0 Å². The van der Waals surface area contributed by atoms with Gasteiger partial charge in [-0.3, -0.25) is 0 Å². The molecule has 0 unspecified atom stereocenters. The van der Waals surface area contributed by atoms with Gasteiger partial charge in [-0.15, -0.1) is 0 Å². The summed E-state index contributed by atoms with van der Waals surface area (Å²) in [5, 5.41) is 9.23. The Kier molecular flexibility index (Phi) is 3.60. The fourth-order valence-electron chi connectivity index (χ4n) is 2.05. The molecule has 0 atom stereocenters. The van der Waals surface area contributed by atoms with E-state index in [0.29, 0.717) is 5.56 Å². The molecule has 4 nitrogen and oxygen atoms in total. The zero-order valence-corrected chi connectivity index (χ0v) is 11.2. The molecule has 0 aliphatic heterocycles. The lowest BCUT2D eigenvalue weighted by Gasteiger charge is -2.04. The van der Waals surface area contributed by atoms with Crippen LogP contribution in [0.1, 0.15) is 35.8 Å². The highest BCUT2D eigenvalue weighted by Gasteiger charge is 2.17. The van der Waals surface area contributed by atoms with Crippen molar-refractivity contribution in [3.05, 3.63) is 41.6 Å². The minimum Gasteiger partial charge on any atom is -0.497 e. The Morgan fingerprint density at radius 3 is 2.58 bits per heavy atom. The molecule has 0 fully saturated rings. The number of aromatic nitrogens is 1. The molecule has 0 radical (unpaired) electrons. The first-order valence-corrected chi connectivity index (χ1v) is 6.13. The van der Waals surface area contributed by atoms with E-state index in [9.17, 15) is 9.90 Å². The molecule has 19 heavy (non-hydrogen) atoms. The number of H-pyrrole nitrogens is 1. The first-order chi connectivity index (χ1) is 9.02. The number of ether oxygens (including phenoxy) is 1. The quantitative estimate of drug-likeness (QED) is 0.883. The van der Waals surface area contributed by atoms with Gasteiger partial charge in [-0.25, -0.2) is 4.79 Å². The monoisotopic (exact) mass is 259 g/mol. The molecule has 0 aliphatic rings. The number of rotatable bonds is 4. The van der Waals surface area contributed by atoms with E-state index in [1.807, 2.05) is 38.1 Å². The Morgan fingerprint density at radius 2 is 2.05 bits per heavy atom. The van der Waals surface area contributed by atoms with Gasteiger partial charge in [0.15, 0.2) is 0 Å². The van der Waals surface area contributed by atoms with Crippen LogP contribution < -0.4 is 4.74 Å². The van der Waals surface area contributed by atoms with E-state index in [1.165, 1.54) is 0 Å². The van der Waals surface area contributed by atoms with Crippen molar-refractivity contribution < 1.29 is 14.6 Å². The third kappa shape index (κ3) is 2.62. The summed E-state index contributed by atoms with van der Waals surface area (Å²) >= 11 is 0. The molecule has 100 valence electrons. The van der Waals surface area contributed by atoms with Crippen molar-refractivity contribution in [1.29, 1.82) is 0 Å². The maximum absolute atomic E-state index is 11.2. The molecular weight excluding hydrogens is 242 g/mol. The smallest absolute Gasteiger partial charge is 0.337 e. The number of carboxylic acids is 1. The van der Waals surface area contributed by atoms with Crippen LogP contribution in [0.2, 0.25) is 0 Å². The lowest BCUT2D eigenvalue weighted by molar-refractivity contribution is 0.0695. The van der Waals surface area contributed by atoms with E-state index in [4.69, 9.17) is 4.74 Å². The number of aromatic carboxylic acids is 1. The lowest BCUT2D eigenvalue weighted by atomic mass is 10.1. The van der Waals surface area contributed by atoms with Crippen LogP contribution >= 0.6 is 0 Å². The van der Waals surface area contributed by atoms with Crippen LogP contribution in [0.3, 0.4) is 0 Å². The highest BCUT2D eigenvalue weighted by atomic mass is 16.5. The van der Waals surface area contributed by atoms with Gasteiger partial charge in [-0.1, -0.05) is 26.0 Å². The second-order valence-corrected chi connectivity index (χ2v) is 4.70. The predicted molar refractivity (Wildman–Crippen MR) is 73.8 cm³/mol. The fourth-order valence-corrected chi connectivity index (χ4v) is 2.05. The lowest BCUT2D eigenvalue weighted by Crippen LogP contribution is -2.01. The molecular formula is C15H17NO3. The van der Waals surface area contributed by atoms with Gasteiger partial charge in [-0.2, -0.15) is 0 Å². The Morgan fingerprint density at radius 1 is 1.32 bits per heavy atom. The van der Waals surface area contributed by atoms with E-state index in [1.54, 1.807) is 13.2 Å². The van der Waals surface area contributed by atoms with Crippen molar-refractivity contribution in [2.45, 2.75) is 19.8 Å². The Hall–Kier alpha value is -2.23. The van der Waals surface area contributed by atoms with Gasteiger partial charge >= 0.3 is 5.97 Å². The molecule has 0 saturated carbocycles. The molecule has 0 amide bonds. The average molecular weight is 259 g/mol. The molecule has 0 aliphatic carbocycles. The minimum atomic E-state index is -0.908. The Bertz CT molecular complexity index is 599. The number of carboxylic acid groups (broad SMARTS) is 1. The molecule has 0 spiro atoms. The van der Waals surface area contributed by atoms with Crippen LogP contribution in [0.15, 0.2) is 30.3 Å². The number of methoxy groups -OCH3 is 1. The van der Waals surface area contributed by atoms with Gasteiger partial charge in [-0.05, 0) is 24.1 Å². The topological polar surface area (TPSA) is 62.3 Å². The third-order valence-electron chi connectivity index (χ3n) is 3.04. The summed E-state index contributed by atoms with van der Waals surface area (Å²) in [7, 11) is 1.61. The second kappa shape index (κ2) is 5.18. The molecule has 4 heteroatoms. The normalized spacial score (nSPS) is 10.7.